The maximum atomic E-state index is 13.4. The Morgan fingerprint density at radius 1 is 1.50 bits per heavy atom. The van der Waals surface area contributed by atoms with E-state index in [-0.39, 0.29) is 5.82 Å². The maximum Gasteiger partial charge on any atom is 0.126 e. The number of benzene rings is 1. The molecule has 2 heteroatoms. The van der Waals surface area contributed by atoms with Crippen LogP contribution in [0.1, 0.15) is 30.4 Å². The molecule has 0 radical (unpaired) electrons. The summed E-state index contributed by atoms with van der Waals surface area (Å²) in [7, 11) is 0. The average Bonchev–Trinajstić information content (AvgIpc) is 2.47. The predicted molar refractivity (Wildman–Crippen MR) is 55.7 cm³/mol. The molecule has 2 atom stereocenters. The van der Waals surface area contributed by atoms with Gasteiger partial charge in [-0.1, -0.05) is 19.1 Å². The Hall–Kier alpha value is -0.890. The van der Waals surface area contributed by atoms with Crippen LogP contribution in [-0.4, -0.2) is 6.54 Å². The summed E-state index contributed by atoms with van der Waals surface area (Å²) in [5.74, 6) is 0.949. The summed E-state index contributed by atoms with van der Waals surface area (Å²) in [5.41, 5.74) is 7.67. The number of rotatable bonds is 2. The van der Waals surface area contributed by atoms with E-state index in [0.29, 0.717) is 18.4 Å². The van der Waals surface area contributed by atoms with E-state index in [4.69, 9.17) is 5.73 Å². The molecule has 1 aliphatic rings. The van der Waals surface area contributed by atoms with E-state index in [1.54, 1.807) is 12.1 Å². The first-order chi connectivity index (χ1) is 6.74. The molecule has 0 aliphatic heterocycles. The molecule has 1 aliphatic carbocycles. The first-order valence-corrected chi connectivity index (χ1v) is 5.21. The molecule has 14 heavy (non-hydrogen) atoms. The number of nitrogens with two attached hydrogens (primary N) is 1. The van der Waals surface area contributed by atoms with E-state index in [2.05, 4.69) is 6.92 Å². The second-order valence-corrected chi connectivity index (χ2v) is 4.17. The summed E-state index contributed by atoms with van der Waals surface area (Å²) in [6.07, 6.45) is 1.84. The normalized spacial score (nSPS) is 25.1. The fourth-order valence-electron chi connectivity index (χ4n) is 2.53. The van der Waals surface area contributed by atoms with Crippen LogP contribution in [0.5, 0.6) is 0 Å². The highest BCUT2D eigenvalue weighted by molar-refractivity contribution is 5.37. The zero-order valence-corrected chi connectivity index (χ0v) is 8.46. The lowest BCUT2D eigenvalue weighted by molar-refractivity contribution is 0.473. The Bertz CT molecular complexity index is 335. The van der Waals surface area contributed by atoms with E-state index < -0.39 is 0 Å². The van der Waals surface area contributed by atoms with Crippen LogP contribution in [-0.2, 0) is 6.42 Å². The molecular weight excluding hydrogens is 177 g/mol. The van der Waals surface area contributed by atoms with Gasteiger partial charge >= 0.3 is 0 Å². The van der Waals surface area contributed by atoms with Crippen LogP contribution in [0, 0.1) is 11.7 Å². The van der Waals surface area contributed by atoms with Gasteiger partial charge in [0.05, 0.1) is 0 Å². The Morgan fingerprint density at radius 2 is 2.29 bits per heavy atom. The minimum Gasteiger partial charge on any atom is -0.330 e. The van der Waals surface area contributed by atoms with Crippen molar-refractivity contribution in [2.75, 3.05) is 6.54 Å². The topological polar surface area (TPSA) is 26.0 Å². The quantitative estimate of drug-likeness (QED) is 0.767. The standard InChI is InChI=1S/C12H16FN/c1-8-7-11-10(9(8)5-6-14)3-2-4-12(11)13/h2-4,8-9H,5-7,14H2,1H3. The second-order valence-electron chi connectivity index (χ2n) is 4.17. The molecule has 76 valence electrons. The summed E-state index contributed by atoms with van der Waals surface area (Å²) in [4.78, 5) is 0. The van der Waals surface area contributed by atoms with Crippen LogP contribution in [0.4, 0.5) is 4.39 Å². The lowest BCUT2D eigenvalue weighted by Crippen LogP contribution is -2.10. The smallest absolute Gasteiger partial charge is 0.126 e. The zero-order valence-electron chi connectivity index (χ0n) is 8.46. The van der Waals surface area contributed by atoms with Gasteiger partial charge in [0.25, 0.3) is 0 Å². The fourth-order valence-corrected chi connectivity index (χ4v) is 2.53. The molecule has 0 fully saturated rings. The van der Waals surface area contributed by atoms with Gasteiger partial charge in [0, 0.05) is 0 Å². The summed E-state index contributed by atoms with van der Waals surface area (Å²) >= 11 is 0. The summed E-state index contributed by atoms with van der Waals surface area (Å²) in [6.45, 7) is 2.87. The predicted octanol–water partition coefficient (Wildman–Crippen LogP) is 2.45. The van der Waals surface area contributed by atoms with Crippen LogP contribution in [0.3, 0.4) is 0 Å². The minimum absolute atomic E-state index is 0.0473. The zero-order chi connectivity index (χ0) is 10.1. The summed E-state index contributed by atoms with van der Waals surface area (Å²) in [5, 5.41) is 0. The molecule has 0 saturated carbocycles. The monoisotopic (exact) mass is 193 g/mol. The van der Waals surface area contributed by atoms with Crippen LogP contribution in [0.25, 0.3) is 0 Å². The van der Waals surface area contributed by atoms with Gasteiger partial charge in [0.15, 0.2) is 0 Å². The molecule has 0 bridgehead atoms. The van der Waals surface area contributed by atoms with Gasteiger partial charge in [-0.15, -0.1) is 0 Å². The second kappa shape index (κ2) is 3.70. The van der Waals surface area contributed by atoms with E-state index in [1.165, 1.54) is 5.56 Å². The van der Waals surface area contributed by atoms with Crippen LogP contribution >= 0.6 is 0 Å². The molecule has 2 unspecified atom stereocenters. The Labute approximate surface area is 84.1 Å². The number of fused-ring (bicyclic) bond motifs is 1. The van der Waals surface area contributed by atoms with Crippen LogP contribution in [0.2, 0.25) is 0 Å². The third kappa shape index (κ3) is 1.44. The van der Waals surface area contributed by atoms with Crippen LogP contribution < -0.4 is 5.73 Å². The first kappa shape index (κ1) is 9.66. The SMILES string of the molecule is CC1Cc2c(F)cccc2C1CCN. The molecular formula is C12H16FN. The van der Waals surface area contributed by atoms with Gasteiger partial charge in [0.1, 0.15) is 5.82 Å². The van der Waals surface area contributed by atoms with Gasteiger partial charge in [-0.05, 0) is 48.4 Å². The van der Waals surface area contributed by atoms with Gasteiger partial charge < -0.3 is 5.73 Å². The van der Waals surface area contributed by atoms with Gasteiger partial charge in [-0.25, -0.2) is 4.39 Å². The molecule has 0 amide bonds. The summed E-state index contributed by atoms with van der Waals surface area (Å²) in [6, 6.07) is 5.40. The van der Waals surface area contributed by atoms with Crippen molar-refractivity contribution in [3.63, 3.8) is 0 Å². The highest BCUT2D eigenvalue weighted by atomic mass is 19.1. The highest BCUT2D eigenvalue weighted by Crippen LogP contribution is 2.40. The Kier molecular flexibility index (Phi) is 2.55. The van der Waals surface area contributed by atoms with Crippen molar-refractivity contribution in [2.45, 2.75) is 25.7 Å². The van der Waals surface area contributed by atoms with E-state index in [0.717, 1.165) is 18.4 Å². The largest absolute Gasteiger partial charge is 0.330 e. The lowest BCUT2D eigenvalue weighted by Gasteiger charge is -2.14. The average molecular weight is 193 g/mol. The van der Waals surface area contributed by atoms with Crippen molar-refractivity contribution in [3.8, 4) is 0 Å². The van der Waals surface area contributed by atoms with Crippen molar-refractivity contribution >= 4 is 0 Å². The van der Waals surface area contributed by atoms with Crippen molar-refractivity contribution in [2.24, 2.45) is 11.7 Å². The lowest BCUT2D eigenvalue weighted by atomic mass is 9.91. The number of halogens is 1. The third-order valence-corrected chi connectivity index (χ3v) is 3.25. The fraction of sp³-hybridized carbons (Fsp3) is 0.500. The van der Waals surface area contributed by atoms with E-state index in [1.807, 2.05) is 6.07 Å². The van der Waals surface area contributed by atoms with E-state index in [9.17, 15) is 4.39 Å². The van der Waals surface area contributed by atoms with Crippen molar-refractivity contribution in [1.29, 1.82) is 0 Å². The van der Waals surface area contributed by atoms with Crippen molar-refractivity contribution < 1.29 is 4.39 Å². The molecule has 1 nitrogen and oxygen atoms in total. The summed E-state index contributed by atoms with van der Waals surface area (Å²) < 4.78 is 13.4. The molecule has 2 rings (SSSR count). The van der Waals surface area contributed by atoms with Crippen molar-refractivity contribution in [3.05, 3.63) is 35.1 Å². The Balaban J connectivity index is 2.37. The molecule has 1 aromatic rings. The van der Waals surface area contributed by atoms with Crippen LogP contribution in [0.15, 0.2) is 18.2 Å². The maximum absolute atomic E-state index is 13.4. The molecule has 0 heterocycles. The Morgan fingerprint density at radius 3 is 3.00 bits per heavy atom. The van der Waals surface area contributed by atoms with Gasteiger partial charge in [-0.2, -0.15) is 0 Å². The van der Waals surface area contributed by atoms with E-state index >= 15 is 0 Å². The van der Waals surface area contributed by atoms with Gasteiger partial charge in [0.2, 0.25) is 0 Å². The number of hydrogen-bond acceptors (Lipinski definition) is 1. The third-order valence-electron chi connectivity index (χ3n) is 3.25. The number of hydrogen-bond donors (Lipinski definition) is 1. The molecule has 2 N–H and O–H groups in total. The molecule has 1 aromatic carbocycles. The highest BCUT2D eigenvalue weighted by Gasteiger charge is 2.30. The molecule has 0 aromatic heterocycles. The minimum atomic E-state index is -0.0473. The molecule has 0 saturated heterocycles. The molecule has 0 spiro atoms. The first-order valence-electron chi connectivity index (χ1n) is 5.21. The van der Waals surface area contributed by atoms with Gasteiger partial charge in [-0.3, -0.25) is 0 Å². The van der Waals surface area contributed by atoms with Crippen molar-refractivity contribution in [1.82, 2.24) is 0 Å².